The van der Waals surface area contributed by atoms with Crippen molar-refractivity contribution in [3.63, 3.8) is 0 Å². The maximum Gasteiger partial charge on any atom is 0.339 e. The fraction of sp³-hybridized carbons (Fsp3) is 0.333. The van der Waals surface area contributed by atoms with Crippen molar-refractivity contribution in [2.75, 3.05) is 19.7 Å². The Labute approximate surface area is 120 Å². The zero-order valence-electron chi connectivity index (χ0n) is 10.8. The summed E-state index contributed by atoms with van der Waals surface area (Å²) in [5, 5.41) is 27.1. The molecule has 0 amide bonds. The van der Waals surface area contributed by atoms with E-state index in [1.165, 1.54) is 0 Å². The van der Waals surface area contributed by atoms with Gasteiger partial charge in [-0.15, -0.1) is 0 Å². The Balaban J connectivity index is 2.38. The van der Waals surface area contributed by atoms with E-state index in [-0.39, 0.29) is 24.6 Å². The van der Waals surface area contributed by atoms with Crippen molar-refractivity contribution in [1.29, 1.82) is 5.26 Å². The van der Waals surface area contributed by atoms with Gasteiger partial charge < -0.3 is 14.9 Å². The molecule has 1 aliphatic rings. The molecule has 1 aliphatic heterocycles. The van der Waals surface area contributed by atoms with Gasteiger partial charge in [0.15, 0.2) is 6.10 Å². The Kier molecular flexibility index (Phi) is 4.13. The Morgan fingerprint density at radius 1 is 1.48 bits per heavy atom. The summed E-state index contributed by atoms with van der Waals surface area (Å²) in [6.07, 6.45) is -0.857. The minimum absolute atomic E-state index is 0.0732. The molecule has 1 aromatic rings. The number of carboxylic acid groups (broad SMARTS) is 1. The molecule has 1 aromatic carbocycles. The van der Waals surface area contributed by atoms with Crippen LogP contribution in [0.25, 0.3) is 0 Å². The minimum Gasteiger partial charge on any atom is -0.507 e. The summed E-state index contributed by atoms with van der Waals surface area (Å²) in [6, 6.07) is 4.86. The molecule has 1 unspecified atom stereocenters. The van der Waals surface area contributed by atoms with Crippen LogP contribution in [0.15, 0.2) is 23.1 Å². The zero-order chi connectivity index (χ0) is 15.6. The first-order valence-electron chi connectivity index (χ1n) is 5.94. The maximum absolute atomic E-state index is 12.4. The molecule has 8 nitrogen and oxygen atoms in total. The molecule has 1 fully saturated rings. The largest absolute Gasteiger partial charge is 0.507 e. The summed E-state index contributed by atoms with van der Waals surface area (Å²) in [5.41, 5.74) is -0.499. The molecule has 0 spiro atoms. The fourth-order valence-electron chi connectivity index (χ4n) is 1.92. The molecular formula is C12H12N2O6S. The number of hydrogen-bond donors (Lipinski definition) is 2. The number of aromatic carboxylic acids is 1. The Hall–Kier alpha value is -2.15. The van der Waals surface area contributed by atoms with Gasteiger partial charge in [-0.2, -0.15) is 9.57 Å². The summed E-state index contributed by atoms with van der Waals surface area (Å²) < 4.78 is 31.0. The molecule has 0 aromatic heterocycles. The third-order valence-electron chi connectivity index (χ3n) is 3.01. The van der Waals surface area contributed by atoms with E-state index in [1.54, 1.807) is 0 Å². The van der Waals surface area contributed by atoms with Crippen LogP contribution in [0.3, 0.4) is 0 Å². The quantitative estimate of drug-likeness (QED) is 0.804. The van der Waals surface area contributed by atoms with E-state index in [0.29, 0.717) is 0 Å². The average Bonchev–Trinajstić information content (AvgIpc) is 2.47. The summed E-state index contributed by atoms with van der Waals surface area (Å²) in [4.78, 5) is 10.7. The number of aromatic hydroxyl groups is 1. The molecule has 2 rings (SSSR count). The summed E-state index contributed by atoms with van der Waals surface area (Å²) in [7, 11) is -3.95. The van der Waals surface area contributed by atoms with Gasteiger partial charge in [0.1, 0.15) is 11.3 Å². The van der Waals surface area contributed by atoms with Gasteiger partial charge in [0.25, 0.3) is 0 Å². The third-order valence-corrected chi connectivity index (χ3v) is 4.87. The molecule has 112 valence electrons. The lowest BCUT2D eigenvalue weighted by Gasteiger charge is -2.29. The summed E-state index contributed by atoms with van der Waals surface area (Å²) in [6.45, 7) is 0.0350. The fourth-order valence-corrected chi connectivity index (χ4v) is 3.37. The highest BCUT2D eigenvalue weighted by Crippen LogP contribution is 2.24. The Morgan fingerprint density at radius 3 is 2.81 bits per heavy atom. The number of carboxylic acids is 1. The Morgan fingerprint density at radius 2 is 2.19 bits per heavy atom. The van der Waals surface area contributed by atoms with E-state index in [1.807, 2.05) is 6.07 Å². The number of nitriles is 1. The zero-order valence-corrected chi connectivity index (χ0v) is 11.6. The number of ether oxygens (including phenoxy) is 1. The second-order valence-electron chi connectivity index (χ2n) is 4.34. The number of hydrogen-bond acceptors (Lipinski definition) is 6. The molecule has 1 atom stereocenters. The van der Waals surface area contributed by atoms with Crippen LogP contribution in [-0.4, -0.2) is 54.7 Å². The number of morpholine rings is 1. The van der Waals surface area contributed by atoms with Crippen molar-refractivity contribution >= 4 is 16.0 Å². The smallest absolute Gasteiger partial charge is 0.339 e. The molecule has 0 bridgehead atoms. The van der Waals surface area contributed by atoms with Gasteiger partial charge >= 0.3 is 5.97 Å². The third kappa shape index (κ3) is 2.97. The number of nitrogens with zero attached hydrogens (tertiary/aromatic N) is 2. The molecule has 21 heavy (non-hydrogen) atoms. The van der Waals surface area contributed by atoms with Crippen LogP contribution in [0.5, 0.6) is 5.75 Å². The predicted octanol–water partition coefficient (Wildman–Crippen LogP) is 0.00348. The van der Waals surface area contributed by atoms with Gasteiger partial charge in [0.05, 0.1) is 24.1 Å². The first kappa shape index (κ1) is 15.2. The second kappa shape index (κ2) is 5.69. The van der Waals surface area contributed by atoms with Gasteiger partial charge in [-0.05, 0) is 18.2 Å². The normalized spacial score (nSPS) is 19.9. The summed E-state index contributed by atoms with van der Waals surface area (Å²) >= 11 is 0. The van der Waals surface area contributed by atoms with Crippen LogP contribution in [0.2, 0.25) is 0 Å². The maximum atomic E-state index is 12.4. The van der Waals surface area contributed by atoms with Crippen LogP contribution < -0.4 is 0 Å². The summed E-state index contributed by atoms with van der Waals surface area (Å²) in [5.74, 6) is -1.94. The molecule has 9 heteroatoms. The van der Waals surface area contributed by atoms with E-state index < -0.39 is 33.4 Å². The van der Waals surface area contributed by atoms with E-state index in [4.69, 9.17) is 15.1 Å². The number of sulfonamides is 1. The van der Waals surface area contributed by atoms with Gasteiger partial charge in [0, 0.05) is 6.54 Å². The van der Waals surface area contributed by atoms with Crippen LogP contribution in [0.4, 0.5) is 0 Å². The van der Waals surface area contributed by atoms with E-state index >= 15 is 0 Å². The van der Waals surface area contributed by atoms with E-state index in [2.05, 4.69) is 0 Å². The SMILES string of the molecule is N#CC1CN(S(=O)(=O)c2ccc(O)c(C(=O)O)c2)CCO1. The molecule has 2 N–H and O–H groups in total. The monoisotopic (exact) mass is 312 g/mol. The molecule has 0 radical (unpaired) electrons. The number of carbonyl (C=O) groups is 1. The molecule has 0 aliphatic carbocycles. The van der Waals surface area contributed by atoms with Gasteiger partial charge in [0.2, 0.25) is 10.0 Å². The number of phenols is 1. The van der Waals surface area contributed by atoms with Crippen LogP contribution >= 0.6 is 0 Å². The highest BCUT2D eigenvalue weighted by Gasteiger charge is 2.31. The molecule has 1 saturated heterocycles. The first-order chi connectivity index (χ1) is 9.86. The average molecular weight is 312 g/mol. The molecular weight excluding hydrogens is 300 g/mol. The van der Waals surface area contributed by atoms with Crippen LogP contribution in [0.1, 0.15) is 10.4 Å². The lowest BCUT2D eigenvalue weighted by atomic mass is 10.2. The Bertz CT molecular complexity index is 709. The van der Waals surface area contributed by atoms with E-state index in [0.717, 1.165) is 22.5 Å². The molecule has 1 heterocycles. The lowest BCUT2D eigenvalue weighted by Crippen LogP contribution is -2.45. The van der Waals surface area contributed by atoms with E-state index in [9.17, 15) is 18.3 Å². The first-order valence-corrected chi connectivity index (χ1v) is 7.38. The van der Waals surface area contributed by atoms with Gasteiger partial charge in [-0.3, -0.25) is 0 Å². The minimum atomic E-state index is -3.95. The van der Waals surface area contributed by atoms with Crippen molar-refractivity contribution < 1.29 is 28.2 Å². The second-order valence-corrected chi connectivity index (χ2v) is 6.27. The van der Waals surface area contributed by atoms with Crippen LogP contribution in [-0.2, 0) is 14.8 Å². The van der Waals surface area contributed by atoms with Crippen LogP contribution in [0, 0.1) is 11.3 Å². The number of benzene rings is 1. The van der Waals surface area contributed by atoms with Crippen molar-refractivity contribution in [2.24, 2.45) is 0 Å². The van der Waals surface area contributed by atoms with Crippen molar-refractivity contribution in [3.8, 4) is 11.8 Å². The highest BCUT2D eigenvalue weighted by molar-refractivity contribution is 7.89. The van der Waals surface area contributed by atoms with Crippen molar-refractivity contribution in [2.45, 2.75) is 11.0 Å². The van der Waals surface area contributed by atoms with Crippen molar-refractivity contribution in [3.05, 3.63) is 23.8 Å². The van der Waals surface area contributed by atoms with Gasteiger partial charge in [-0.25, -0.2) is 13.2 Å². The highest BCUT2D eigenvalue weighted by atomic mass is 32.2. The van der Waals surface area contributed by atoms with Gasteiger partial charge in [-0.1, -0.05) is 0 Å². The molecule has 0 saturated carbocycles. The predicted molar refractivity (Wildman–Crippen MR) is 69.2 cm³/mol. The standard InChI is InChI=1S/C12H12N2O6S/c13-6-8-7-14(3-4-20-8)21(18,19)9-1-2-11(15)10(5-9)12(16)17/h1-2,5,8,15H,3-4,7H2,(H,16,17). The topological polar surface area (TPSA) is 128 Å². The van der Waals surface area contributed by atoms with Crippen molar-refractivity contribution in [1.82, 2.24) is 4.31 Å². The lowest BCUT2D eigenvalue weighted by molar-refractivity contribution is 0.0311. The number of rotatable bonds is 3.